The Bertz CT molecular complexity index is 254. The molecular weight excluding hydrogens is 184 g/mol. The summed E-state index contributed by atoms with van der Waals surface area (Å²) < 4.78 is 0. The number of thioether (sulfide) groups is 1. The first-order valence-corrected chi connectivity index (χ1v) is 4.38. The third-order valence-corrected chi connectivity index (χ3v) is 2.27. The van der Waals surface area contributed by atoms with E-state index in [-0.39, 0.29) is 5.95 Å². The minimum absolute atomic E-state index is 0.102. The molecule has 11 heavy (non-hydrogen) atoms. The van der Waals surface area contributed by atoms with Gasteiger partial charge in [0.1, 0.15) is 11.0 Å². The van der Waals surface area contributed by atoms with E-state index in [1.54, 1.807) is 0 Å². The van der Waals surface area contributed by atoms with Crippen molar-refractivity contribution in [3.63, 3.8) is 0 Å². The summed E-state index contributed by atoms with van der Waals surface area (Å²) in [6.45, 7) is 0. The van der Waals surface area contributed by atoms with Crippen molar-refractivity contribution in [1.29, 1.82) is 0 Å². The molecule has 0 spiro atoms. The largest absolute Gasteiger partial charge is 0.383 e. The van der Waals surface area contributed by atoms with E-state index in [9.17, 15) is 0 Å². The highest BCUT2D eigenvalue weighted by Gasteiger charge is 2.06. The van der Waals surface area contributed by atoms with Gasteiger partial charge in [-0.3, -0.25) is 0 Å². The minimum atomic E-state index is 0.102. The van der Waals surface area contributed by atoms with E-state index in [1.807, 2.05) is 6.26 Å². The summed E-state index contributed by atoms with van der Waals surface area (Å²) >= 11 is 7.10. The quantitative estimate of drug-likeness (QED) is 0.511. The summed E-state index contributed by atoms with van der Waals surface area (Å²) in [5.74, 6) is 0.431. The van der Waals surface area contributed by atoms with Crippen LogP contribution in [0.2, 0.25) is 5.15 Å². The fourth-order valence-corrected chi connectivity index (χ4v) is 1.53. The molecule has 0 aromatic carbocycles. The molecule has 0 radical (unpaired) electrons. The first kappa shape index (κ1) is 8.42. The van der Waals surface area contributed by atoms with Gasteiger partial charge in [-0.25, -0.2) is 0 Å². The van der Waals surface area contributed by atoms with Crippen molar-refractivity contribution in [1.82, 2.24) is 9.97 Å². The predicted molar refractivity (Wildman–Crippen MR) is 47.6 cm³/mol. The first-order valence-electron chi connectivity index (χ1n) is 2.77. The third kappa shape index (κ3) is 1.66. The Hall–Kier alpha value is -0.680. The molecule has 6 heteroatoms. The van der Waals surface area contributed by atoms with E-state index in [0.29, 0.717) is 15.9 Å². The molecule has 1 aromatic heterocycles. The number of hydrogen-bond donors (Lipinski definition) is 2. The highest BCUT2D eigenvalue weighted by Crippen LogP contribution is 2.28. The van der Waals surface area contributed by atoms with Gasteiger partial charge in [0, 0.05) is 0 Å². The number of halogens is 1. The molecule has 1 rings (SSSR count). The maximum absolute atomic E-state index is 5.70. The average Bonchev–Trinajstić information content (AvgIpc) is 1.85. The van der Waals surface area contributed by atoms with Crippen molar-refractivity contribution in [3.8, 4) is 0 Å². The normalized spacial score (nSPS) is 10.0. The van der Waals surface area contributed by atoms with Gasteiger partial charge in [-0.2, -0.15) is 9.97 Å². The Balaban J connectivity index is 3.25. The highest BCUT2D eigenvalue weighted by molar-refractivity contribution is 7.98. The Labute approximate surface area is 73.3 Å². The zero-order valence-electron chi connectivity index (χ0n) is 5.84. The van der Waals surface area contributed by atoms with E-state index >= 15 is 0 Å². The molecule has 4 N–H and O–H groups in total. The van der Waals surface area contributed by atoms with Crippen LogP contribution in [0.3, 0.4) is 0 Å². The smallest absolute Gasteiger partial charge is 0.223 e. The van der Waals surface area contributed by atoms with Crippen LogP contribution in [0.4, 0.5) is 11.8 Å². The van der Waals surface area contributed by atoms with Crippen LogP contribution in [0.15, 0.2) is 4.90 Å². The van der Waals surface area contributed by atoms with Crippen LogP contribution in [0.5, 0.6) is 0 Å². The fraction of sp³-hybridized carbons (Fsp3) is 0.200. The number of aromatic nitrogens is 2. The molecule has 0 saturated heterocycles. The number of hydrogen-bond acceptors (Lipinski definition) is 5. The second-order valence-corrected chi connectivity index (χ2v) is 2.97. The lowest BCUT2D eigenvalue weighted by Crippen LogP contribution is -2.01. The van der Waals surface area contributed by atoms with Crippen molar-refractivity contribution in [2.24, 2.45) is 0 Å². The lowest BCUT2D eigenvalue weighted by atomic mass is 10.6. The zero-order valence-corrected chi connectivity index (χ0v) is 7.41. The average molecular weight is 191 g/mol. The molecule has 0 aliphatic rings. The number of anilines is 2. The van der Waals surface area contributed by atoms with E-state index < -0.39 is 0 Å². The molecular formula is C5H7ClN4S. The van der Waals surface area contributed by atoms with Crippen LogP contribution in [-0.4, -0.2) is 16.2 Å². The molecule has 0 atom stereocenters. The minimum Gasteiger partial charge on any atom is -0.383 e. The van der Waals surface area contributed by atoms with Gasteiger partial charge >= 0.3 is 0 Å². The van der Waals surface area contributed by atoms with Crippen LogP contribution in [0.1, 0.15) is 0 Å². The van der Waals surface area contributed by atoms with Crippen LogP contribution < -0.4 is 11.5 Å². The second-order valence-electron chi connectivity index (χ2n) is 1.79. The molecule has 0 saturated carbocycles. The summed E-state index contributed by atoms with van der Waals surface area (Å²) in [5.41, 5.74) is 10.8. The summed E-state index contributed by atoms with van der Waals surface area (Å²) in [6, 6.07) is 0. The van der Waals surface area contributed by atoms with E-state index in [2.05, 4.69) is 9.97 Å². The lowest BCUT2D eigenvalue weighted by molar-refractivity contribution is 1.13. The molecule has 0 fully saturated rings. The monoisotopic (exact) mass is 190 g/mol. The summed E-state index contributed by atoms with van der Waals surface area (Å²) in [6.07, 6.45) is 1.84. The SMILES string of the molecule is CSc1c(N)nc(N)nc1Cl. The molecule has 0 unspecified atom stereocenters. The number of rotatable bonds is 1. The predicted octanol–water partition coefficient (Wildman–Crippen LogP) is 1.02. The van der Waals surface area contributed by atoms with Crippen molar-refractivity contribution < 1.29 is 0 Å². The third-order valence-electron chi connectivity index (χ3n) is 1.07. The van der Waals surface area contributed by atoms with E-state index in [0.717, 1.165) is 0 Å². The van der Waals surface area contributed by atoms with Gasteiger partial charge in [-0.05, 0) is 6.26 Å². The van der Waals surface area contributed by atoms with Crippen molar-refractivity contribution >= 4 is 35.1 Å². The fourth-order valence-electron chi connectivity index (χ4n) is 0.645. The highest BCUT2D eigenvalue weighted by atomic mass is 35.5. The van der Waals surface area contributed by atoms with Gasteiger partial charge in [0.25, 0.3) is 0 Å². The maximum Gasteiger partial charge on any atom is 0.223 e. The van der Waals surface area contributed by atoms with Crippen molar-refractivity contribution in [2.75, 3.05) is 17.7 Å². The summed E-state index contributed by atoms with van der Waals surface area (Å²) in [7, 11) is 0. The summed E-state index contributed by atoms with van der Waals surface area (Å²) in [4.78, 5) is 8.15. The lowest BCUT2D eigenvalue weighted by Gasteiger charge is -2.02. The molecule has 0 aliphatic carbocycles. The number of nitrogen functional groups attached to an aromatic ring is 2. The van der Waals surface area contributed by atoms with Crippen molar-refractivity contribution in [2.45, 2.75) is 4.90 Å². The van der Waals surface area contributed by atoms with Crippen LogP contribution >= 0.6 is 23.4 Å². The topological polar surface area (TPSA) is 77.8 Å². The van der Waals surface area contributed by atoms with Crippen molar-refractivity contribution in [3.05, 3.63) is 5.15 Å². The molecule has 0 amide bonds. The van der Waals surface area contributed by atoms with E-state index in [4.69, 9.17) is 23.1 Å². The second kappa shape index (κ2) is 3.15. The standard InChI is InChI=1S/C5H7ClN4S/c1-11-2-3(6)9-5(8)10-4(2)7/h1H3,(H4,7,8,9,10). The Morgan fingerprint density at radius 3 is 2.45 bits per heavy atom. The maximum atomic E-state index is 5.70. The van der Waals surface area contributed by atoms with Gasteiger partial charge in [0.2, 0.25) is 5.95 Å². The van der Waals surface area contributed by atoms with Crippen LogP contribution in [0.25, 0.3) is 0 Å². The molecule has 60 valence electrons. The zero-order chi connectivity index (χ0) is 8.43. The molecule has 4 nitrogen and oxygen atoms in total. The summed E-state index contributed by atoms with van der Waals surface area (Å²) in [5, 5.41) is 0.308. The van der Waals surface area contributed by atoms with Gasteiger partial charge in [-0.1, -0.05) is 11.6 Å². The Morgan fingerprint density at radius 1 is 1.36 bits per heavy atom. The van der Waals surface area contributed by atoms with Gasteiger partial charge in [0.05, 0.1) is 4.90 Å². The van der Waals surface area contributed by atoms with Gasteiger partial charge in [0.15, 0.2) is 0 Å². The van der Waals surface area contributed by atoms with E-state index in [1.165, 1.54) is 11.8 Å². The number of nitrogens with two attached hydrogens (primary N) is 2. The molecule has 0 bridgehead atoms. The molecule has 0 aliphatic heterocycles. The van der Waals surface area contributed by atoms with Crippen LogP contribution in [-0.2, 0) is 0 Å². The first-order chi connectivity index (χ1) is 5.15. The molecule has 1 heterocycles. The number of nitrogens with zero attached hydrogens (tertiary/aromatic N) is 2. The van der Waals surface area contributed by atoms with Gasteiger partial charge < -0.3 is 11.5 Å². The molecule has 1 aromatic rings. The van der Waals surface area contributed by atoms with Gasteiger partial charge in [-0.15, -0.1) is 11.8 Å². The van der Waals surface area contributed by atoms with Crippen LogP contribution in [0, 0.1) is 0 Å². The Morgan fingerprint density at radius 2 is 2.00 bits per heavy atom. The Kier molecular flexibility index (Phi) is 2.41.